The standard InChI is InChI=1S/C15H29NS/c16-12-15(13-8-4-1-2-5-9-13)17-14-10-6-3-7-11-14/h13-15H,1-12,16H2. The van der Waals surface area contributed by atoms with Crippen molar-refractivity contribution in [3.8, 4) is 0 Å². The van der Waals surface area contributed by atoms with Crippen LogP contribution in [0.2, 0.25) is 0 Å². The molecular weight excluding hydrogens is 226 g/mol. The topological polar surface area (TPSA) is 26.0 Å². The van der Waals surface area contributed by atoms with E-state index in [1.807, 2.05) is 0 Å². The van der Waals surface area contributed by atoms with E-state index < -0.39 is 0 Å². The molecule has 1 nitrogen and oxygen atoms in total. The molecule has 0 aromatic rings. The van der Waals surface area contributed by atoms with Crippen molar-refractivity contribution >= 4 is 11.8 Å². The molecule has 0 aromatic heterocycles. The summed E-state index contributed by atoms with van der Waals surface area (Å²) < 4.78 is 0. The minimum Gasteiger partial charge on any atom is -0.329 e. The van der Waals surface area contributed by atoms with Crippen molar-refractivity contribution in [3.05, 3.63) is 0 Å². The van der Waals surface area contributed by atoms with Crippen LogP contribution >= 0.6 is 11.8 Å². The first kappa shape index (κ1) is 13.7. The summed E-state index contributed by atoms with van der Waals surface area (Å²) >= 11 is 2.26. The lowest BCUT2D eigenvalue weighted by Crippen LogP contribution is -2.29. The zero-order valence-corrected chi connectivity index (χ0v) is 12.0. The van der Waals surface area contributed by atoms with Crippen LogP contribution in [0.15, 0.2) is 0 Å². The molecule has 0 radical (unpaired) electrons. The molecule has 1 atom stereocenters. The van der Waals surface area contributed by atoms with Crippen LogP contribution < -0.4 is 5.73 Å². The van der Waals surface area contributed by atoms with Gasteiger partial charge in [0.2, 0.25) is 0 Å². The van der Waals surface area contributed by atoms with Gasteiger partial charge in [-0.3, -0.25) is 0 Å². The highest BCUT2D eigenvalue weighted by atomic mass is 32.2. The van der Waals surface area contributed by atoms with Crippen molar-refractivity contribution in [2.45, 2.75) is 81.1 Å². The van der Waals surface area contributed by atoms with Gasteiger partial charge >= 0.3 is 0 Å². The van der Waals surface area contributed by atoms with Crippen LogP contribution in [0.1, 0.15) is 70.6 Å². The Morgan fingerprint density at radius 1 is 0.824 bits per heavy atom. The minimum atomic E-state index is 0.760. The third-order valence-corrected chi connectivity index (χ3v) is 6.36. The quantitative estimate of drug-likeness (QED) is 0.756. The van der Waals surface area contributed by atoms with Crippen LogP contribution in [0.4, 0.5) is 0 Å². The maximum absolute atomic E-state index is 6.05. The first-order valence-electron chi connectivity index (χ1n) is 7.75. The highest BCUT2D eigenvalue weighted by molar-refractivity contribution is 8.00. The summed E-state index contributed by atoms with van der Waals surface area (Å²) in [5.74, 6) is 0.925. The van der Waals surface area contributed by atoms with Crippen LogP contribution in [0, 0.1) is 5.92 Å². The van der Waals surface area contributed by atoms with Crippen molar-refractivity contribution in [3.63, 3.8) is 0 Å². The van der Waals surface area contributed by atoms with Crippen LogP contribution in [0.3, 0.4) is 0 Å². The maximum atomic E-state index is 6.05. The molecule has 0 amide bonds. The molecular formula is C15H29NS. The summed E-state index contributed by atoms with van der Waals surface area (Å²) in [6.07, 6.45) is 16.0. The van der Waals surface area contributed by atoms with Gasteiger partial charge < -0.3 is 5.73 Å². The maximum Gasteiger partial charge on any atom is 0.0201 e. The van der Waals surface area contributed by atoms with Gasteiger partial charge in [0.1, 0.15) is 0 Å². The molecule has 2 aliphatic carbocycles. The normalized spacial score (nSPS) is 26.6. The Morgan fingerprint density at radius 2 is 1.35 bits per heavy atom. The molecule has 2 aliphatic rings. The van der Waals surface area contributed by atoms with Crippen molar-refractivity contribution in [1.29, 1.82) is 0 Å². The Hall–Kier alpha value is 0.310. The van der Waals surface area contributed by atoms with Crippen molar-refractivity contribution < 1.29 is 0 Å². The molecule has 0 aromatic carbocycles. The Kier molecular flexibility index (Phi) is 6.21. The van der Waals surface area contributed by atoms with Gasteiger partial charge in [0.25, 0.3) is 0 Å². The molecule has 2 N–H and O–H groups in total. The summed E-state index contributed by atoms with van der Waals surface area (Å²) in [5, 5.41) is 1.69. The Balaban J connectivity index is 1.81. The van der Waals surface area contributed by atoms with E-state index in [1.54, 1.807) is 0 Å². The summed E-state index contributed by atoms with van der Waals surface area (Å²) in [7, 11) is 0. The molecule has 100 valence electrons. The Bertz CT molecular complexity index is 193. The molecule has 2 fully saturated rings. The molecule has 0 spiro atoms. The van der Waals surface area contributed by atoms with Gasteiger partial charge in [-0.05, 0) is 31.6 Å². The second-order valence-corrected chi connectivity index (χ2v) is 7.47. The Labute approximate surface area is 111 Å². The molecule has 0 bridgehead atoms. The first-order valence-corrected chi connectivity index (χ1v) is 8.70. The van der Waals surface area contributed by atoms with Gasteiger partial charge in [0.05, 0.1) is 0 Å². The van der Waals surface area contributed by atoms with E-state index in [-0.39, 0.29) is 0 Å². The molecule has 2 rings (SSSR count). The van der Waals surface area contributed by atoms with E-state index in [1.165, 1.54) is 70.6 Å². The lowest BCUT2D eigenvalue weighted by atomic mass is 9.96. The van der Waals surface area contributed by atoms with Crippen LogP contribution in [0.25, 0.3) is 0 Å². The first-order chi connectivity index (χ1) is 8.40. The zero-order valence-electron chi connectivity index (χ0n) is 11.2. The molecule has 1 unspecified atom stereocenters. The van der Waals surface area contributed by atoms with Gasteiger partial charge in [-0.2, -0.15) is 11.8 Å². The largest absolute Gasteiger partial charge is 0.329 e. The zero-order chi connectivity index (χ0) is 11.9. The molecule has 2 heteroatoms. The summed E-state index contributed by atoms with van der Waals surface area (Å²) in [4.78, 5) is 0. The van der Waals surface area contributed by atoms with E-state index in [2.05, 4.69) is 11.8 Å². The predicted molar refractivity (Wildman–Crippen MR) is 78.5 cm³/mol. The fourth-order valence-electron chi connectivity index (χ4n) is 3.49. The second-order valence-electron chi connectivity index (χ2n) is 5.92. The molecule has 0 aliphatic heterocycles. The van der Waals surface area contributed by atoms with Crippen LogP contribution in [-0.4, -0.2) is 17.0 Å². The number of rotatable bonds is 4. The number of nitrogens with two attached hydrogens (primary N) is 1. The average molecular weight is 255 g/mol. The predicted octanol–water partition coefficient (Wildman–Crippen LogP) is 4.35. The van der Waals surface area contributed by atoms with Gasteiger partial charge in [-0.15, -0.1) is 0 Å². The highest BCUT2D eigenvalue weighted by Gasteiger charge is 2.25. The molecule has 17 heavy (non-hydrogen) atoms. The third-order valence-electron chi connectivity index (χ3n) is 4.58. The molecule has 0 saturated heterocycles. The van der Waals surface area contributed by atoms with E-state index in [4.69, 9.17) is 5.73 Å². The second kappa shape index (κ2) is 7.68. The lowest BCUT2D eigenvalue weighted by Gasteiger charge is -2.30. The third kappa shape index (κ3) is 4.48. The smallest absolute Gasteiger partial charge is 0.0201 e. The van der Waals surface area contributed by atoms with E-state index in [0.29, 0.717) is 0 Å². The van der Waals surface area contributed by atoms with E-state index >= 15 is 0 Å². The average Bonchev–Trinajstić information content (AvgIpc) is 2.66. The van der Waals surface area contributed by atoms with E-state index in [9.17, 15) is 0 Å². The Morgan fingerprint density at radius 3 is 1.94 bits per heavy atom. The fraction of sp³-hybridized carbons (Fsp3) is 1.00. The monoisotopic (exact) mass is 255 g/mol. The summed E-state index contributed by atoms with van der Waals surface area (Å²) in [6, 6.07) is 0. The summed E-state index contributed by atoms with van der Waals surface area (Å²) in [5.41, 5.74) is 6.05. The van der Waals surface area contributed by atoms with Gasteiger partial charge in [-0.1, -0.05) is 44.9 Å². The fourth-order valence-corrected chi connectivity index (χ4v) is 5.20. The van der Waals surface area contributed by atoms with Gasteiger partial charge in [-0.25, -0.2) is 0 Å². The van der Waals surface area contributed by atoms with Gasteiger partial charge in [0, 0.05) is 17.0 Å². The van der Waals surface area contributed by atoms with E-state index in [0.717, 1.165) is 23.0 Å². The van der Waals surface area contributed by atoms with Crippen molar-refractivity contribution in [2.75, 3.05) is 6.54 Å². The van der Waals surface area contributed by atoms with Crippen molar-refractivity contribution in [1.82, 2.24) is 0 Å². The molecule has 0 heterocycles. The van der Waals surface area contributed by atoms with Gasteiger partial charge in [0.15, 0.2) is 0 Å². The summed E-state index contributed by atoms with van der Waals surface area (Å²) in [6.45, 7) is 0.909. The number of thioether (sulfide) groups is 1. The molecule has 2 saturated carbocycles. The van der Waals surface area contributed by atoms with Crippen LogP contribution in [0.5, 0.6) is 0 Å². The SMILES string of the molecule is NCC(SC1CCCCC1)C1CCCCCC1. The van der Waals surface area contributed by atoms with Crippen LogP contribution in [-0.2, 0) is 0 Å². The minimum absolute atomic E-state index is 0.760. The lowest BCUT2D eigenvalue weighted by molar-refractivity contribution is 0.440. The number of hydrogen-bond donors (Lipinski definition) is 1. The van der Waals surface area contributed by atoms with Crippen molar-refractivity contribution in [2.24, 2.45) is 11.7 Å². The number of hydrogen-bond acceptors (Lipinski definition) is 2. The highest BCUT2D eigenvalue weighted by Crippen LogP contribution is 2.37.